The van der Waals surface area contributed by atoms with Crippen LogP contribution in [0.2, 0.25) is 0 Å². The fourth-order valence-electron chi connectivity index (χ4n) is 4.35. The molecule has 0 aliphatic carbocycles. The van der Waals surface area contributed by atoms with Crippen molar-refractivity contribution in [1.82, 2.24) is 15.1 Å². The van der Waals surface area contributed by atoms with Crippen molar-refractivity contribution < 1.29 is 9.59 Å². The summed E-state index contributed by atoms with van der Waals surface area (Å²) in [6.45, 7) is 3.40. The molecule has 0 spiro atoms. The molecule has 0 radical (unpaired) electrons. The Labute approximate surface area is 148 Å². The van der Waals surface area contributed by atoms with Crippen LogP contribution in [0.25, 0.3) is 0 Å². The number of carbonyl (C=O) groups is 2. The standard InChI is InChI=1S/C19H26N4O2/c24-18-17(7-6-14-4-1-2-5-16(14)21-18)22-12-8-15(9-13-22)23-11-3-10-20-19(23)25/h1-2,4-5,15,17H,3,6-13H2,(H,20,25)(H,21,24)/t17-/m0/s1. The molecular weight excluding hydrogens is 316 g/mol. The lowest BCUT2D eigenvalue weighted by Crippen LogP contribution is -2.56. The Hall–Kier alpha value is -2.08. The molecule has 4 rings (SSSR count). The molecule has 0 aromatic heterocycles. The number of para-hydroxylation sites is 1. The van der Waals surface area contributed by atoms with Gasteiger partial charge >= 0.3 is 6.03 Å². The van der Waals surface area contributed by atoms with Gasteiger partial charge < -0.3 is 15.5 Å². The number of hydrogen-bond acceptors (Lipinski definition) is 3. The lowest BCUT2D eigenvalue weighted by Gasteiger charge is -2.42. The van der Waals surface area contributed by atoms with Gasteiger partial charge in [-0.25, -0.2) is 4.79 Å². The van der Waals surface area contributed by atoms with Gasteiger partial charge in [-0.3, -0.25) is 9.69 Å². The number of fused-ring (bicyclic) bond motifs is 1. The maximum absolute atomic E-state index is 12.7. The van der Waals surface area contributed by atoms with E-state index in [0.29, 0.717) is 6.04 Å². The van der Waals surface area contributed by atoms with E-state index in [4.69, 9.17) is 0 Å². The number of nitrogens with zero attached hydrogens (tertiary/aromatic N) is 2. The van der Waals surface area contributed by atoms with Crippen molar-refractivity contribution in [3.8, 4) is 0 Å². The number of hydrogen-bond donors (Lipinski definition) is 2. The molecule has 134 valence electrons. The molecule has 3 amide bonds. The number of aryl methyl sites for hydroxylation is 1. The molecule has 0 unspecified atom stereocenters. The third-order valence-corrected chi connectivity index (χ3v) is 5.76. The number of carbonyl (C=O) groups excluding carboxylic acids is 2. The normalized spacial score (nSPS) is 25.8. The molecule has 6 nitrogen and oxygen atoms in total. The van der Waals surface area contributed by atoms with Crippen LogP contribution < -0.4 is 10.6 Å². The SMILES string of the molecule is O=C1Nc2ccccc2CC[C@@H]1N1CCC(N2CCCNC2=O)CC1. The molecular formula is C19H26N4O2. The third kappa shape index (κ3) is 3.35. The van der Waals surface area contributed by atoms with Crippen molar-refractivity contribution >= 4 is 17.6 Å². The van der Waals surface area contributed by atoms with Gasteiger partial charge in [0.1, 0.15) is 0 Å². The molecule has 25 heavy (non-hydrogen) atoms. The molecule has 1 aromatic rings. The summed E-state index contributed by atoms with van der Waals surface area (Å²) in [6.07, 6.45) is 4.70. The van der Waals surface area contributed by atoms with Gasteiger partial charge in [-0.1, -0.05) is 18.2 Å². The predicted molar refractivity (Wildman–Crippen MR) is 96.5 cm³/mol. The number of likely N-dealkylation sites (tertiary alicyclic amines) is 1. The lowest BCUT2D eigenvalue weighted by molar-refractivity contribution is -0.122. The highest BCUT2D eigenvalue weighted by molar-refractivity contribution is 5.96. The Morgan fingerprint density at radius 2 is 1.80 bits per heavy atom. The van der Waals surface area contributed by atoms with E-state index >= 15 is 0 Å². The van der Waals surface area contributed by atoms with Gasteiger partial charge in [-0.15, -0.1) is 0 Å². The zero-order valence-corrected chi connectivity index (χ0v) is 14.5. The fraction of sp³-hybridized carbons (Fsp3) is 0.579. The van der Waals surface area contributed by atoms with Crippen LogP contribution in [0.1, 0.15) is 31.2 Å². The summed E-state index contributed by atoms with van der Waals surface area (Å²) in [6, 6.07) is 8.39. The summed E-state index contributed by atoms with van der Waals surface area (Å²) in [4.78, 5) is 29.0. The first-order valence-electron chi connectivity index (χ1n) is 9.39. The molecule has 1 aromatic carbocycles. The van der Waals surface area contributed by atoms with Gasteiger partial charge in [0, 0.05) is 37.9 Å². The van der Waals surface area contributed by atoms with Crippen LogP contribution >= 0.6 is 0 Å². The Kier molecular flexibility index (Phi) is 4.61. The van der Waals surface area contributed by atoms with E-state index in [1.54, 1.807) is 0 Å². The minimum Gasteiger partial charge on any atom is -0.338 e. The van der Waals surface area contributed by atoms with Crippen LogP contribution in [0, 0.1) is 0 Å². The van der Waals surface area contributed by atoms with Crippen molar-refractivity contribution in [3.63, 3.8) is 0 Å². The smallest absolute Gasteiger partial charge is 0.317 e. The Bertz CT molecular complexity index is 655. The number of benzene rings is 1. The van der Waals surface area contributed by atoms with Crippen molar-refractivity contribution in [2.45, 2.75) is 44.2 Å². The molecule has 2 fully saturated rings. The highest BCUT2D eigenvalue weighted by Gasteiger charge is 2.34. The molecule has 3 aliphatic rings. The highest BCUT2D eigenvalue weighted by atomic mass is 16.2. The summed E-state index contributed by atoms with van der Waals surface area (Å²) >= 11 is 0. The number of nitrogens with one attached hydrogen (secondary N) is 2. The number of piperidine rings is 1. The number of urea groups is 1. The Morgan fingerprint density at radius 1 is 1.00 bits per heavy atom. The van der Waals surface area contributed by atoms with Gasteiger partial charge in [0.2, 0.25) is 5.91 Å². The summed E-state index contributed by atoms with van der Waals surface area (Å²) in [5.41, 5.74) is 2.17. The van der Waals surface area contributed by atoms with Crippen molar-refractivity contribution in [2.75, 3.05) is 31.5 Å². The van der Waals surface area contributed by atoms with E-state index < -0.39 is 0 Å². The van der Waals surface area contributed by atoms with E-state index in [-0.39, 0.29) is 18.0 Å². The van der Waals surface area contributed by atoms with Crippen LogP contribution in [-0.4, -0.2) is 60.0 Å². The third-order valence-electron chi connectivity index (χ3n) is 5.76. The number of anilines is 1. The van der Waals surface area contributed by atoms with Crippen molar-refractivity contribution in [1.29, 1.82) is 0 Å². The van der Waals surface area contributed by atoms with Crippen molar-refractivity contribution in [3.05, 3.63) is 29.8 Å². The monoisotopic (exact) mass is 342 g/mol. The molecule has 3 heterocycles. The first kappa shape index (κ1) is 16.4. The maximum Gasteiger partial charge on any atom is 0.317 e. The average Bonchev–Trinajstić information content (AvgIpc) is 2.81. The van der Waals surface area contributed by atoms with E-state index in [0.717, 1.165) is 64.0 Å². The second-order valence-corrected chi connectivity index (χ2v) is 7.25. The first-order chi connectivity index (χ1) is 12.2. The second kappa shape index (κ2) is 7.04. The molecule has 0 saturated carbocycles. The molecule has 2 saturated heterocycles. The summed E-state index contributed by atoms with van der Waals surface area (Å²) in [5, 5.41) is 6.03. The van der Waals surface area contributed by atoms with Crippen molar-refractivity contribution in [2.24, 2.45) is 0 Å². The average molecular weight is 342 g/mol. The van der Waals surface area contributed by atoms with Gasteiger partial charge in [-0.05, 0) is 43.7 Å². The maximum atomic E-state index is 12.7. The zero-order chi connectivity index (χ0) is 17.2. The largest absolute Gasteiger partial charge is 0.338 e. The topological polar surface area (TPSA) is 64.7 Å². The van der Waals surface area contributed by atoms with E-state index in [1.807, 2.05) is 23.1 Å². The Balaban J connectivity index is 1.38. The molecule has 6 heteroatoms. The molecule has 1 atom stereocenters. The van der Waals surface area contributed by atoms with Gasteiger partial charge in [0.15, 0.2) is 0 Å². The highest BCUT2D eigenvalue weighted by Crippen LogP contribution is 2.26. The first-order valence-corrected chi connectivity index (χ1v) is 9.39. The van der Waals surface area contributed by atoms with Gasteiger partial charge in [0.25, 0.3) is 0 Å². The van der Waals surface area contributed by atoms with E-state index in [1.165, 1.54) is 5.56 Å². The predicted octanol–water partition coefficient (Wildman–Crippen LogP) is 1.82. The van der Waals surface area contributed by atoms with E-state index in [9.17, 15) is 9.59 Å². The summed E-state index contributed by atoms with van der Waals surface area (Å²) in [5.74, 6) is 0.110. The van der Waals surface area contributed by atoms with E-state index in [2.05, 4.69) is 21.6 Å². The van der Waals surface area contributed by atoms with Crippen LogP contribution in [0.5, 0.6) is 0 Å². The molecule has 2 N–H and O–H groups in total. The fourth-order valence-corrected chi connectivity index (χ4v) is 4.35. The van der Waals surface area contributed by atoms with Gasteiger partial charge in [0.05, 0.1) is 6.04 Å². The zero-order valence-electron chi connectivity index (χ0n) is 14.5. The number of amides is 3. The van der Waals surface area contributed by atoms with Crippen LogP contribution in [0.4, 0.5) is 10.5 Å². The Morgan fingerprint density at radius 3 is 2.60 bits per heavy atom. The van der Waals surface area contributed by atoms with Crippen LogP contribution in [-0.2, 0) is 11.2 Å². The summed E-state index contributed by atoms with van der Waals surface area (Å²) < 4.78 is 0. The quantitative estimate of drug-likeness (QED) is 0.862. The van der Waals surface area contributed by atoms with Crippen LogP contribution in [0.15, 0.2) is 24.3 Å². The minimum absolute atomic E-state index is 0.0662. The van der Waals surface area contributed by atoms with Gasteiger partial charge in [-0.2, -0.15) is 0 Å². The summed E-state index contributed by atoms with van der Waals surface area (Å²) in [7, 11) is 0. The molecule has 3 aliphatic heterocycles. The lowest BCUT2D eigenvalue weighted by atomic mass is 9.98. The molecule has 0 bridgehead atoms. The van der Waals surface area contributed by atoms with Crippen LogP contribution in [0.3, 0.4) is 0 Å². The second-order valence-electron chi connectivity index (χ2n) is 7.25. The minimum atomic E-state index is -0.0662. The number of rotatable bonds is 2.